The van der Waals surface area contributed by atoms with E-state index in [2.05, 4.69) is 5.32 Å². The van der Waals surface area contributed by atoms with Crippen LogP contribution >= 0.6 is 0 Å². The lowest BCUT2D eigenvalue weighted by Crippen LogP contribution is -2.41. The number of carbonyl (C=O) groups excluding carboxylic acids is 2. The van der Waals surface area contributed by atoms with E-state index >= 15 is 0 Å². The van der Waals surface area contributed by atoms with Crippen molar-refractivity contribution in [1.29, 1.82) is 0 Å². The number of hydrogen-bond acceptors (Lipinski definition) is 4. The van der Waals surface area contributed by atoms with Gasteiger partial charge in [-0.3, -0.25) is 19.0 Å². The van der Waals surface area contributed by atoms with Crippen LogP contribution in [0.3, 0.4) is 0 Å². The molecule has 168 valence electrons. The Morgan fingerprint density at radius 2 is 1.70 bits per heavy atom. The van der Waals surface area contributed by atoms with Crippen LogP contribution in [-0.4, -0.2) is 25.4 Å². The second-order valence-corrected chi connectivity index (χ2v) is 8.11. The number of carbonyl (C=O) groups is 2. The summed E-state index contributed by atoms with van der Waals surface area (Å²) in [5.41, 5.74) is 2.73. The molecule has 0 bridgehead atoms. The number of nitrogens with zero attached hydrogens (tertiary/aromatic N) is 3. The van der Waals surface area contributed by atoms with Gasteiger partial charge < -0.3 is 9.88 Å². The summed E-state index contributed by atoms with van der Waals surface area (Å²) >= 11 is 0. The molecule has 1 amide bonds. The van der Waals surface area contributed by atoms with Crippen molar-refractivity contribution in [3.05, 3.63) is 92.3 Å². The van der Waals surface area contributed by atoms with Gasteiger partial charge in [0.05, 0.1) is 11.2 Å². The molecule has 33 heavy (non-hydrogen) atoms. The summed E-state index contributed by atoms with van der Waals surface area (Å²) in [7, 11) is 1.75. The average Bonchev–Trinajstić information content (AvgIpc) is 3.06. The van der Waals surface area contributed by atoms with Crippen LogP contribution < -0.4 is 16.6 Å². The van der Waals surface area contributed by atoms with Crippen molar-refractivity contribution in [2.75, 3.05) is 5.32 Å². The Kier molecular flexibility index (Phi) is 5.59. The zero-order valence-corrected chi connectivity index (χ0v) is 18.9. The fourth-order valence-corrected chi connectivity index (χ4v) is 3.89. The van der Waals surface area contributed by atoms with Crippen molar-refractivity contribution >= 4 is 28.4 Å². The van der Waals surface area contributed by atoms with E-state index in [1.165, 1.54) is 11.5 Å². The van der Waals surface area contributed by atoms with Gasteiger partial charge in [-0.1, -0.05) is 24.3 Å². The number of anilines is 1. The van der Waals surface area contributed by atoms with E-state index in [-0.39, 0.29) is 12.3 Å². The first-order valence-electron chi connectivity index (χ1n) is 10.5. The van der Waals surface area contributed by atoms with Crippen molar-refractivity contribution < 1.29 is 9.59 Å². The SMILES string of the molecule is CC(=O)c1cccc(NC(=O)Cn2c(=O)n(-c3cccc(C)c3)c(=O)c3c2cc(C)n3C)c1. The number of benzene rings is 2. The Balaban J connectivity index is 1.83. The fraction of sp³-hybridized carbons (Fsp3) is 0.200. The van der Waals surface area contributed by atoms with Gasteiger partial charge in [-0.05, 0) is 56.7 Å². The van der Waals surface area contributed by atoms with Gasteiger partial charge in [0.15, 0.2) is 5.78 Å². The predicted molar refractivity (Wildman–Crippen MR) is 127 cm³/mol. The number of rotatable bonds is 5. The largest absolute Gasteiger partial charge is 0.342 e. The van der Waals surface area contributed by atoms with Crippen LogP contribution in [0.2, 0.25) is 0 Å². The molecule has 2 aromatic carbocycles. The summed E-state index contributed by atoms with van der Waals surface area (Å²) in [4.78, 5) is 51.3. The molecule has 8 nitrogen and oxygen atoms in total. The van der Waals surface area contributed by atoms with Gasteiger partial charge in [-0.2, -0.15) is 0 Å². The molecule has 0 radical (unpaired) electrons. The zero-order valence-electron chi connectivity index (χ0n) is 18.9. The normalized spacial score (nSPS) is 11.0. The minimum atomic E-state index is -0.601. The van der Waals surface area contributed by atoms with Crippen LogP contribution in [0, 0.1) is 13.8 Å². The lowest BCUT2D eigenvalue weighted by molar-refractivity contribution is -0.116. The Morgan fingerprint density at radius 1 is 0.970 bits per heavy atom. The highest BCUT2D eigenvalue weighted by atomic mass is 16.2. The number of aryl methyl sites for hydroxylation is 3. The molecule has 0 saturated carbocycles. The highest BCUT2D eigenvalue weighted by molar-refractivity contribution is 5.97. The van der Waals surface area contributed by atoms with Crippen LogP contribution in [0.1, 0.15) is 28.5 Å². The van der Waals surface area contributed by atoms with Crippen molar-refractivity contribution in [3.8, 4) is 5.69 Å². The van der Waals surface area contributed by atoms with Gasteiger partial charge in [-0.15, -0.1) is 0 Å². The van der Waals surface area contributed by atoms with Crippen molar-refractivity contribution in [2.24, 2.45) is 7.05 Å². The molecule has 0 saturated heterocycles. The molecule has 0 spiro atoms. The third kappa shape index (κ3) is 4.03. The standard InChI is InChI=1S/C25H24N4O4/c1-15-7-5-10-20(11-15)29-24(32)23-21(12-16(2)27(23)4)28(25(29)33)14-22(31)26-19-9-6-8-18(13-19)17(3)30/h5-13H,14H2,1-4H3,(H,26,31). The van der Waals surface area contributed by atoms with Crippen LogP contribution in [0.25, 0.3) is 16.7 Å². The number of hydrogen-bond donors (Lipinski definition) is 1. The maximum atomic E-state index is 13.5. The van der Waals surface area contributed by atoms with Crippen LogP contribution in [0.15, 0.2) is 64.2 Å². The Labute approximate surface area is 189 Å². The van der Waals surface area contributed by atoms with Crippen molar-refractivity contribution in [2.45, 2.75) is 27.3 Å². The second kappa shape index (κ2) is 8.38. The molecule has 4 rings (SSSR count). The maximum absolute atomic E-state index is 13.5. The number of fused-ring (bicyclic) bond motifs is 1. The first kappa shape index (κ1) is 22.0. The third-order valence-electron chi connectivity index (χ3n) is 5.69. The molecule has 4 aromatic rings. The molecular weight excluding hydrogens is 420 g/mol. The number of Topliss-reactive ketones (excluding diaryl/α,β-unsaturated/α-hetero) is 1. The van der Waals surface area contributed by atoms with E-state index in [1.807, 2.05) is 19.9 Å². The van der Waals surface area contributed by atoms with Gasteiger partial charge >= 0.3 is 5.69 Å². The van der Waals surface area contributed by atoms with E-state index in [1.54, 1.807) is 60.1 Å². The lowest BCUT2D eigenvalue weighted by atomic mass is 10.1. The molecule has 0 aliphatic rings. The van der Waals surface area contributed by atoms with Crippen molar-refractivity contribution in [3.63, 3.8) is 0 Å². The molecule has 0 unspecified atom stereocenters. The number of ketones is 1. The van der Waals surface area contributed by atoms with Crippen LogP contribution in [-0.2, 0) is 18.4 Å². The van der Waals surface area contributed by atoms with Gasteiger partial charge in [0, 0.05) is 24.0 Å². The van der Waals surface area contributed by atoms with Crippen LogP contribution in [0.4, 0.5) is 5.69 Å². The van der Waals surface area contributed by atoms with E-state index in [0.29, 0.717) is 28.0 Å². The zero-order chi connectivity index (χ0) is 23.9. The molecular formula is C25H24N4O4. The summed E-state index contributed by atoms with van der Waals surface area (Å²) < 4.78 is 4.11. The first-order valence-corrected chi connectivity index (χ1v) is 10.5. The number of nitrogens with one attached hydrogen (secondary N) is 1. The fourth-order valence-electron chi connectivity index (χ4n) is 3.89. The molecule has 0 aliphatic heterocycles. The van der Waals surface area contributed by atoms with Crippen LogP contribution in [0.5, 0.6) is 0 Å². The smallest absolute Gasteiger partial charge is 0.336 e. The lowest BCUT2D eigenvalue weighted by Gasteiger charge is -2.13. The van der Waals surface area contributed by atoms with E-state index in [4.69, 9.17) is 0 Å². The molecule has 2 aromatic heterocycles. The Bertz CT molecular complexity index is 1540. The quantitative estimate of drug-likeness (QED) is 0.479. The maximum Gasteiger partial charge on any atom is 0.336 e. The minimum Gasteiger partial charge on any atom is -0.342 e. The number of amides is 1. The summed E-state index contributed by atoms with van der Waals surface area (Å²) in [6, 6.07) is 15.4. The summed E-state index contributed by atoms with van der Waals surface area (Å²) in [5, 5.41) is 2.74. The van der Waals surface area contributed by atoms with Crippen molar-refractivity contribution in [1.82, 2.24) is 13.7 Å². The molecule has 0 fully saturated rings. The molecule has 2 heterocycles. The second-order valence-electron chi connectivity index (χ2n) is 8.11. The molecule has 8 heteroatoms. The van der Waals surface area contributed by atoms with Gasteiger partial charge in [0.2, 0.25) is 5.91 Å². The van der Waals surface area contributed by atoms with E-state index in [0.717, 1.165) is 15.8 Å². The summed E-state index contributed by atoms with van der Waals surface area (Å²) in [6.45, 7) is 4.86. The molecule has 0 atom stereocenters. The van der Waals surface area contributed by atoms with E-state index < -0.39 is 17.2 Å². The molecule has 0 aliphatic carbocycles. The third-order valence-corrected chi connectivity index (χ3v) is 5.69. The average molecular weight is 444 g/mol. The number of aromatic nitrogens is 3. The molecule has 1 N–H and O–H groups in total. The minimum absolute atomic E-state index is 0.117. The summed E-state index contributed by atoms with van der Waals surface area (Å²) in [6.07, 6.45) is 0. The topological polar surface area (TPSA) is 95.1 Å². The van der Waals surface area contributed by atoms with Gasteiger partial charge in [0.1, 0.15) is 12.1 Å². The predicted octanol–water partition coefficient (Wildman–Crippen LogP) is 2.95. The Hall–Kier alpha value is -4.20. The monoisotopic (exact) mass is 444 g/mol. The first-order chi connectivity index (χ1) is 15.7. The van der Waals surface area contributed by atoms with Gasteiger partial charge in [0.25, 0.3) is 5.56 Å². The Morgan fingerprint density at radius 3 is 2.39 bits per heavy atom. The highest BCUT2D eigenvalue weighted by Crippen LogP contribution is 2.16. The highest BCUT2D eigenvalue weighted by Gasteiger charge is 2.20. The van der Waals surface area contributed by atoms with E-state index in [9.17, 15) is 19.2 Å². The van der Waals surface area contributed by atoms with Gasteiger partial charge in [-0.25, -0.2) is 9.36 Å². The summed E-state index contributed by atoms with van der Waals surface area (Å²) in [5.74, 6) is -0.566.